The molecule has 2 heterocycles. The molecule has 0 radical (unpaired) electrons. The molecule has 7 nitrogen and oxygen atoms in total. The number of halogens is 2. The summed E-state index contributed by atoms with van der Waals surface area (Å²) in [4.78, 5) is 4.00. The van der Waals surface area contributed by atoms with Crippen LogP contribution in [0.25, 0.3) is 22.5 Å². The van der Waals surface area contributed by atoms with Gasteiger partial charge in [-0.3, -0.25) is 0 Å². The molecule has 0 aliphatic carbocycles. The quantitative estimate of drug-likeness (QED) is 0.480. The normalized spacial score (nSPS) is 11.2. The second-order valence-electron chi connectivity index (χ2n) is 6.98. The van der Waals surface area contributed by atoms with Gasteiger partial charge in [0.05, 0.1) is 13.0 Å². The maximum atomic E-state index is 13.7. The van der Waals surface area contributed by atoms with Gasteiger partial charge in [-0.1, -0.05) is 54.5 Å². The number of aromatic nitrogens is 7. The zero-order chi connectivity index (χ0) is 21.8. The van der Waals surface area contributed by atoms with Crippen LogP contribution in [0.4, 0.5) is 8.78 Å². The maximum absolute atomic E-state index is 13.7. The van der Waals surface area contributed by atoms with Crippen molar-refractivity contribution in [2.24, 2.45) is 0 Å². The fraction of sp³-hybridized carbons (Fsp3) is 0.227. The highest BCUT2D eigenvalue weighted by Crippen LogP contribution is 2.30. The minimum absolute atomic E-state index is 0.260. The standard InChI is InChI=1S/C22H19F2N7/c1-3-4-9-19-25-21(22(2,23)24)28-31(19)14-15-10-12-16(13-11-15)17-7-5-6-8-18(17)20-26-29-30-27-20/h5-8,10-13H,9,14H2,1-2H3,(H,26,27,29,30). The van der Waals surface area contributed by atoms with Crippen LogP contribution in [0.2, 0.25) is 0 Å². The van der Waals surface area contributed by atoms with Crippen molar-refractivity contribution in [3.63, 3.8) is 0 Å². The molecule has 0 atom stereocenters. The first-order valence-electron chi connectivity index (χ1n) is 9.59. The topological polar surface area (TPSA) is 85.2 Å². The molecule has 31 heavy (non-hydrogen) atoms. The van der Waals surface area contributed by atoms with E-state index in [0.717, 1.165) is 29.2 Å². The molecule has 2 aromatic carbocycles. The number of rotatable bonds is 6. The predicted molar refractivity (Wildman–Crippen MR) is 111 cm³/mol. The number of tetrazole rings is 1. The number of hydrogen-bond donors (Lipinski definition) is 1. The van der Waals surface area contributed by atoms with E-state index in [1.807, 2.05) is 48.5 Å². The predicted octanol–water partition coefficient (Wildman–Crippen LogP) is 3.85. The van der Waals surface area contributed by atoms with Crippen LogP contribution in [0, 0.1) is 11.8 Å². The van der Waals surface area contributed by atoms with Gasteiger partial charge in [-0.05, 0) is 28.8 Å². The zero-order valence-corrected chi connectivity index (χ0v) is 17.0. The summed E-state index contributed by atoms with van der Waals surface area (Å²) in [6, 6.07) is 15.6. The number of H-pyrrole nitrogens is 1. The van der Waals surface area contributed by atoms with Crippen molar-refractivity contribution in [3.8, 4) is 34.4 Å². The Kier molecular flexibility index (Phi) is 5.54. The van der Waals surface area contributed by atoms with Crippen molar-refractivity contribution in [3.05, 3.63) is 65.7 Å². The summed E-state index contributed by atoms with van der Waals surface area (Å²) in [5.74, 6) is 2.95. The molecule has 2 aromatic heterocycles. The number of alkyl halides is 2. The Morgan fingerprint density at radius 2 is 1.81 bits per heavy atom. The lowest BCUT2D eigenvalue weighted by Crippen LogP contribution is -2.11. The van der Waals surface area contributed by atoms with E-state index in [2.05, 4.69) is 42.5 Å². The first-order valence-corrected chi connectivity index (χ1v) is 9.59. The SMILES string of the molecule is CC#CCc1nc(C(C)(F)F)nn1Cc1ccc(-c2ccccc2-c2nn[nH]n2)cc1. The molecule has 9 heteroatoms. The van der Waals surface area contributed by atoms with Crippen molar-refractivity contribution in [2.75, 3.05) is 0 Å². The molecule has 0 amide bonds. The Balaban J connectivity index is 1.62. The van der Waals surface area contributed by atoms with E-state index in [1.165, 1.54) is 4.68 Å². The Morgan fingerprint density at radius 3 is 2.45 bits per heavy atom. The van der Waals surface area contributed by atoms with E-state index in [4.69, 9.17) is 0 Å². The summed E-state index contributed by atoms with van der Waals surface area (Å²) >= 11 is 0. The summed E-state index contributed by atoms with van der Waals surface area (Å²) in [5, 5.41) is 18.2. The van der Waals surface area contributed by atoms with E-state index in [0.29, 0.717) is 18.2 Å². The van der Waals surface area contributed by atoms with Gasteiger partial charge in [0.25, 0.3) is 0 Å². The van der Waals surface area contributed by atoms with Gasteiger partial charge in [0, 0.05) is 12.5 Å². The summed E-state index contributed by atoms with van der Waals surface area (Å²) in [6.45, 7) is 2.80. The van der Waals surface area contributed by atoms with Crippen LogP contribution >= 0.6 is 0 Å². The maximum Gasteiger partial charge on any atom is 0.305 e. The van der Waals surface area contributed by atoms with Gasteiger partial charge in [0.2, 0.25) is 11.6 Å². The molecular formula is C22H19F2N7. The molecule has 0 aliphatic heterocycles. The Labute approximate surface area is 177 Å². The number of hydrogen-bond acceptors (Lipinski definition) is 5. The molecule has 0 saturated carbocycles. The van der Waals surface area contributed by atoms with E-state index in [-0.39, 0.29) is 6.42 Å². The zero-order valence-electron chi connectivity index (χ0n) is 17.0. The second kappa shape index (κ2) is 8.44. The van der Waals surface area contributed by atoms with Crippen LogP contribution in [-0.4, -0.2) is 35.4 Å². The molecule has 0 fully saturated rings. The molecule has 4 rings (SSSR count). The molecular weight excluding hydrogens is 400 g/mol. The lowest BCUT2D eigenvalue weighted by molar-refractivity contribution is 0.00756. The third kappa shape index (κ3) is 4.48. The van der Waals surface area contributed by atoms with Crippen LogP contribution in [0.3, 0.4) is 0 Å². The van der Waals surface area contributed by atoms with Crippen LogP contribution in [0.15, 0.2) is 48.5 Å². The summed E-state index contributed by atoms with van der Waals surface area (Å²) in [5.41, 5.74) is 3.70. The van der Waals surface area contributed by atoms with Crippen LogP contribution < -0.4 is 0 Å². The number of aromatic amines is 1. The smallest absolute Gasteiger partial charge is 0.244 e. The molecule has 1 N–H and O–H groups in total. The highest BCUT2D eigenvalue weighted by atomic mass is 19.3. The van der Waals surface area contributed by atoms with Crippen molar-refractivity contribution in [2.45, 2.75) is 32.7 Å². The van der Waals surface area contributed by atoms with E-state index in [1.54, 1.807) is 6.92 Å². The van der Waals surface area contributed by atoms with Gasteiger partial charge in [0.1, 0.15) is 5.82 Å². The average molecular weight is 419 g/mol. The van der Waals surface area contributed by atoms with Gasteiger partial charge in [-0.2, -0.15) is 14.0 Å². The van der Waals surface area contributed by atoms with E-state index in [9.17, 15) is 8.78 Å². The van der Waals surface area contributed by atoms with Crippen molar-refractivity contribution >= 4 is 0 Å². The first-order chi connectivity index (χ1) is 15.0. The Bertz CT molecular complexity index is 1230. The molecule has 4 aromatic rings. The second-order valence-corrected chi connectivity index (χ2v) is 6.98. The van der Waals surface area contributed by atoms with Crippen LogP contribution in [0.5, 0.6) is 0 Å². The van der Waals surface area contributed by atoms with Crippen molar-refractivity contribution < 1.29 is 8.78 Å². The van der Waals surface area contributed by atoms with Gasteiger partial charge in [-0.15, -0.1) is 21.2 Å². The molecule has 0 bridgehead atoms. The van der Waals surface area contributed by atoms with E-state index >= 15 is 0 Å². The average Bonchev–Trinajstić information content (AvgIpc) is 3.43. The number of benzene rings is 2. The fourth-order valence-corrected chi connectivity index (χ4v) is 3.15. The molecule has 156 valence electrons. The minimum Gasteiger partial charge on any atom is -0.244 e. The fourth-order valence-electron chi connectivity index (χ4n) is 3.15. The van der Waals surface area contributed by atoms with Gasteiger partial charge in [0.15, 0.2) is 0 Å². The summed E-state index contributed by atoms with van der Waals surface area (Å²) < 4.78 is 28.9. The molecule has 0 saturated heterocycles. The number of nitrogens with one attached hydrogen (secondary N) is 1. The third-order valence-electron chi connectivity index (χ3n) is 4.67. The largest absolute Gasteiger partial charge is 0.305 e. The Morgan fingerprint density at radius 1 is 1.06 bits per heavy atom. The summed E-state index contributed by atoms with van der Waals surface area (Å²) in [6.07, 6.45) is 0.260. The van der Waals surface area contributed by atoms with Gasteiger partial charge < -0.3 is 0 Å². The van der Waals surface area contributed by atoms with Crippen LogP contribution in [-0.2, 0) is 18.9 Å². The lowest BCUT2D eigenvalue weighted by atomic mass is 9.98. The van der Waals surface area contributed by atoms with Crippen molar-refractivity contribution in [1.82, 2.24) is 35.4 Å². The Hall–Kier alpha value is -3.93. The highest BCUT2D eigenvalue weighted by molar-refractivity contribution is 5.80. The monoisotopic (exact) mass is 419 g/mol. The molecule has 0 aliphatic rings. The van der Waals surface area contributed by atoms with Gasteiger partial charge in [-0.25, -0.2) is 9.67 Å². The minimum atomic E-state index is -3.11. The highest BCUT2D eigenvalue weighted by Gasteiger charge is 2.31. The lowest BCUT2D eigenvalue weighted by Gasteiger charge is -2.09. The van der Waals surface area contributed by atoms with Crippen LogP contribution in [0.1, 0.15) is 31.1 Å². The van der Waals surface area contributed by atoms with Gasteiger partial charge >= 0.3 is 5.92 Å². The molecule has 0 unspecified atom stereocenters. The van der Waals surface area contributed by atoms with E-state index < -0.39 is 11.7 Å². The number of nitrogens with zero attached hydrogens (tertiary/aromatic N) is 6. The van der Waals surface area contributed by atoms with Crippen molar-refractivity contribution in [1.29, 1.82) is 0 Å². The third-order valence-corrected chi connectivity index (χ3v) is 4.67. The first kappa shape index (κ1) is 20.3. The molecule has 0 spiro atoms. The summed E-state index contributed by atoms with van der Waals surface area (Å²) in [7, 11) is 0.